The molecule has 0 aromatic heterocycles. The van der Waals surface area contributed by atoms with Gasteiger partial charge in [0.1, 0.15) is 0 Å². The van der Waals surface area contributed by atoms with Crippen LogP contribution in [0.5, 0.6) is 0 Å². The van der Waals surface area contributed by atoms with Gasteiger partial charge in [0.15, 0.2) is 0 Å². The molecular weight excluding hydrogens is 273 g/mol. The predicted octanol–water partition coefficient (Wildman–Crippen LogP) is 1.75. The summed E-state index contributed by atoms with van der Waals surface area (Å²) in [5.74, 6) is 0. The van der Waals surface area contributed by atoms with Gasteiger partial charge in [-0.15, -0.1) is 6.07 Å². The second-order valence-electron chi connectivity index (χ2n) is 5.18. The van der Waals surface area contributed by atoms with Gasteiger partial charge in [-0.25, -0.2) is 5.26 Å². The molecule has 0 aliphatic carbocycles. The first kappa shape index (κ1) is 17.0. The number of nitriles is 1. The predicted molar refractivity (Wildman–Crippen MR) is 89.1 cm³/mol. The van der Waals surface area contributed by atoms with E-state index in [0.717, 1.165) is 16.7 Å². The van der Waals surface area contributed by atoms with Gasteiger partial charge in [-0.3, -0.25) is 6.42 Å². The van der Waals surface area contributed by atoms with Gasteiger partial charge in [-0.2, -0.15) is 0 Å². The van der Waals surface area contributed by atoms with E-state index in [1.807, 2.05) is 54.6 Å². The standard InChI is InChI=1S/C21H16N.Li/c22-17-16-21(18-10-4-1-5-11-18,19-12-6-2-7-13-19)20-14-8-3-9-15-20;/h1-16H;/q-1;+1. The Balaban J connectivity index is 0.00000192. The molecule has 0 spiro atoms. The summed E-state index contributed by atoms with van der Waals surface area (Å²) < 4.78 is 0. The van der Waals surface area contributed by atoms with Crippen LogP contribution >= 0.6 is 0 Å². The van der Waals surface area contributed by atoms with Crippen LogP contribution in [-0.2, 0) is 5.41 Å². The number of benzene rings is 3. The molecule has 1 nitrogen and oxygen atoms in total. The van der Waals surface area contributed by atoms with Crippen molar-refractivity contribution in [2.24, 2.45) is 0 Å². The Kier molecular flexibility index (Phi) is 5.72. The second-order valence-corrected chi connectivity index (χ2v) is 5.18. The summed E-state index contributed by atoms with van der Waals surface area (Å²) in [5, 5.41) is 9.48. The number of hydrogen-bond acceptors (Lipinski definition) is 1. The van der Waals surface area contributed by atoms with Gasteiger partial charge < -0.3 is 0 Å². The van der Waals surface area contributed by atoms with Crippen molar-refractivity contribution >= 4 is 0 Å². The average molecular weight is 289 g/mol. The Hall–Kier alpha value is -2.38. The maximum atomic E-state index is 9.48. The van der Waals surface area contributed by atoms with Crippen molar-refractivity contribution in [3.05, 3.63) is 114 Å². The Labute approximate surface area is 149 Å². The molecular formula is C21H16LiN. The number of hydrogen-bond donors (Lipinski definition) is 0. The zero-order valence-electron chi connectivity index (χ0n) is 13.2. The fourth-order valence-electron chi connectivity index (χ4n) is 2.95. The van der Waals surface area contributed by atoms with Crippen LogP contribution in [0.3, 0.4) is 0 Å². The van der Waals surface area contributed by atoms with Gasteiger partial charge in [0, 0.05) is 0 Å². The van der Waals surface area contributed by atoms with Crippen molar-refractivity contribution in [1.82, 2.24) is 0 Å². The second kappa shape index (κ2) is 7.75. The minimum absolute atomic E-state index is 0. The van der Waals surface area contributed by atoms with E-state index in [4.69, 9.17) is 0 Å². The van der Waals surface area contributed by atoms with E-state index in [9.17, 15) is 5.26 Å². The van der Waals surface area contributed by atoms with E-state index in [1.54, 1.807) is 6.42 Å². The summed E-state index contributed by atoms with van der Waals surface area (Å²) in [6, 6.07) is 32.8. The molecule has 2 heteroatoms. The summed E-state index contributed by atoms with van der Waals surface area (Å²) in [6.07, 6.45) is 1.73. The fraction of sp³-hybridized carbons (Fsp3) is 0.0476. The molecule has 0 atom stereocenters. The van der Waals surface area contributed by atoms with Crippen LogP contribution in [0.15, 0.2) is 91.0 Å². The third-order valence-corrected chi connectivity index (χ3v) is 3.97. The molecule has 0 bridgehead atoms. The minimum atomic E-state index is -0.557. The van der Waals surface area contributed by atoms with Gasteiger partial charge >= 0.3 is 18.9 Å². The van der Waals surface area contributed by atoms with Gasteiger partial charge in [0.2, 0.25) is 0 Å². The first-order chi connectivity index (χ1) is 10.9. The maximum absolute atomic E-state index is 9.48. The molecule has 106 valence electrons. The third-order valence-electron chi connectivity index (χ3n) is 3.97. The largest absolute Gasteiger partial charge is 1.00 e. The van der Waals surface area contributed by atoms with E-state index >= 15 is 0 Å². The Bertz CT molecular complexity index is 665. The van der Waals surface area contributed by atoms with Crippen molar-refractivity contribution in [3.8, 4) is 6.07 Å². The Morgan fingerprint density at radius 2 is 0.913 bits per heavy atom. The van der Waals surface area contributed by atoms with Crippen LogP contribution in [0.1, 0.15) is 16.7 Å². The number of nitrogens with zero attached hydrogens (tertiary/aromatic N) is 1. The molecule has 0 unspecified atom stereocenters. The molecule has 0 saturated heterocycles. The van der Waals surface area contributed by atoms with E-state index < -0.39 is 5.41 Å². The van der Waals surface area contributed by atoms with Crippen molar-refractivity contribution in [3.63, 3.8) is 0 Å². The number of rotatable bonds is 4. The zero-order chi connectivity index (χ0) is 15.3. The summed E-state index contributed by atoms with van der Waals surface area (Å²) in [4.78, 5) is 0. The molecule has 3 aromatic rings. The summed E-state index contributed by atoms with van der Waals surface area (Å²) in [5.41, 5.74) is 2.72. The van der Waals surface area contributed by atoms with Crippen molar-refractivity contribution < 1.29 is 18.9 Å². The average Bonchev–Trinajstić information content (AvgIpc) is 2.62. The van der Waals surface area contributed by atoms with Crippen LogP contribution < -0.4 is 18.9 Å². The Morgan fingerprint density at radius 3 is 1.17 bits per heavy atom. The topological polar surface area (TPSA) is 23.8 Å². The molecule has 0 N–H and O–H groups in total. The maximum Gasteiger partial charge on any atom is 1.00 e. The molecule has 0 radical (unpaired) electrons. The van der Waals surface area contributed by atoms with Crippen LogP contribution in [0, 0.1) is 17.8 Å². The summed E-state index contributed by atoms with van der Waals surface area (Å²) >= 11 is 0. The van der Waals surface area contributed by atoms with Crippen LogP contribution in [0.4, 0.5) is 0 Å². The van der Waals surface area contributed by atoms with Gasteiger partial charge in [-0.05, 0) is 0 Å². The van der Waals surface area contributed by atoms with Gasteiger partial charge in [-0.1, -0.05) is 113 Å². The van der Waals surface area contributed by atoms with Crippen LogP contribution in [0.2, 0.25) is 0 Å². The smallest absolute Gasteiger partial charge is 0.272 e. The van der Waals surface area contributed by atoms with E-state index in [2.05, 4.69) is 42.5 Å². The molecule has 0 fully saturated rings. The van der Waals surface area contributed by atoms with E-state index in [-0.39, 0.29) is 18.9 Å². The molecule has 0 heterocycles. The fourth-order valence-corrected chi connectivity index (χ4v) is 2.95. The SMILES string of the molecule is N#C[CH-]C(c1ccccc1)(c1ccccc1)c1ccccc1.[Li+]. The molecule has 0 aliphatic rings. The molecule has 3 rings (SSSR count). The Morgan fingerprint density at radius 1 is 0.609 bits per heavy atom. The minimum Gasteiger partial charge on any atom is -0.272 e. The van der Waals surface area contributed by atoms with Crippen molar-refractivity contribution in [2.45, 2.75) is 5.41 Å². The van der Waals surface area contributed by atoms with E-state index in [1.165, 1.54) is 0 Å². The van der Waals surface area contributed by atoms with Crippen LogP contribution in [-0.4, -0.2) is 0 Å². The molecule has 0 amide bonds. The molecule has 3 aromatic carbocycles. The third kappa shape index (κ3) is 3.20. The monoisotopic (exact) mass is 289 g/mol. The van der Waals surface area contributed by atoms with Gasteiger partial charge in [0.05, 0.1) is 0 Å². The van der Waals surface area contributed by atoms with Gasteiger partial charge in [0.25, 0.3) is 0 Å². The zero-order valence-corrected chi connectivity index (χ0v) is 13.2. The van der Waals surface area contributed by atoms with Crippen molar-refractivity contribution in [2.75, 3.05) is 0 Å². The first-order valence-electron chi connectivity index (χ1n) is 7.28. The molecule has 0 saturated carbocycles. The summed E-state index contributed by atoms with van der Waals surface area (Å²) in [7, 11) is 0. The molecule has 0 aliphatic heterocycles. The van der Waals surface area contributed by atoms with E-state index in [0.29, 0.717) is 0 Å². The molecule has 23 heavy (non-hydrogen) atoms. The van der Waals surface area contributed by atoms with Crippen molar-refractivity contribution in [1.29, 1.82) is 5.26 Å². The quantitative estimate of drug-likeness (QED) is 0.408. The van der Waals surface area contributed by atoms with Crippen LogP contribution in [0.25, 0.3) is 0 Å². The summed E-state index contributed by atoms with van der Waals surface area (Å²) in [6.45, 7) is 0. The normalized spacial score (nSPS) is 10.2. The first-order valence-corrected chi connectivity index (χ1v) is 7.28.